The molecule has 4 rings (SSSR count). The smallest absolute Gasteiger partial charge is 0.407 e. The van der Waals surface area contributed by atoms with Gasteiger partial charge in [-0.15, -0.1) is 0 Å². The van der Waals surface area contributed by atoms with Crippen LogP contribution in [0.25, 0.3) is 11.2 Å². The number of fused-ring (bicyclic) bond motifs is 1. The van der Waals surface area contributed by atoms with Crippen LogP contribution < -0.4 is 20.7 Å². The van der Waals surface area contributed by atoms with Crippen molar-refractivity contribution >= 4 is 29.0 Å². The van der Waals surface area contributed by atoms with Crippen molar-refractivity contribution in [2.24, 2.45) is 0 Å². The summed E-state index contributed by atoms with van der Waals surface area (Å²) in [5, 5.41) is 30.2. The third-order valence-electron chi connectivity index (χ3n) is 6.33. The van der Waals surface area contributed by atoms with Crippen LogP contribution in [0.3, 0.4) is 0 Å². The van der Waals surface area contributed by atoms with E-state index in [1.165, 1.54) is 6.33 Å². The first-order valence-corrected chi connectivity index (χ1v) is 12.8. The van der Waals surface area contributed by atoms with Gasteiger partial charge in [-0.3, -0.25) is 4.79 Å². The molecule has 4 atom stereocenters. The van der Waals surface area contributed by atoms with Crippen molar-refractivity contribution in [1.82, 2.24) is 30.2 Å². The molecule has 0 bridgehead atoms. The Balaban J connectivity index is 1.32. The Kier molecular flexibility index (Phi) is 8.51. The van der Waals surface area contributed by atoms with Gasteiger partial charge in [0.15, 0.2) is 11.5 Å². The van der Waals surface area contributed by atoms with Crippen LogP contribution in [0.1, 0.15) is 50.0 Å². The summed E-state index contributed by atoms with van der Waals surface area (Å²) in [5.41, 5.74) is 0.869. The number of nitrogens with one attached hydrogen (secondary N) is 3. The zero-order valence-corrected chi connectivity index (χ0v) is 22.4. The number of benzene rings is 1. The highest BCUT2D eigenvalue weighted by molar-refractivity contribution is 5.94. The van der Waals surface area contributed by atoms with Crippen molar-refractivity contribution < 1.29 is 29.3 Å². The number of imidazole rings is 1. The first-order valence-electron chi connectivity index (χ1n) is 12.8. The zero-order valence-electron chi connectivity index (χ0n) is 22.4. The standard InChI is InChI=1S/C26H35N7O6/c1-26(2,3)39-25(37)28-10-11-38-16-7-5-6-15(12-16)24(36)32-17-8-9-18(21(35)20(17)34)33-14-31-19-22(27-4)29-13-30-23(19)33/h5-7,12-14,17-18,20-21,34-35H,8-11H2,1-4H3,(H,28,37)(H,32,36)(H,27,29,30)/t17-,18-,20-,21-/m1/s1. The van der Waals surface area contributed by atoms with Crippen molar-refractivity contribution in [2.45, 2.75) is 63.5 Å². The molecule has 13 heteroatoms. The Hall–Kier alpha value is -3.97. The number of aromatic nitrogens is 4. The van der Waals surface area contributed by atoms with Gasteiger partial charge in [-0.25, -0.2) is 19.7 Å². The summed E-state index contributed by atoms with van der Waals surface area (Å²) in [6.07, 6.45) is 1.03. The maximum absolute atomic E-state index is 13.0. The monoisotopic (exact) mass is 541 g/mol. The van der Waals surface area contributed by atoms with E-state index in [0.29, 0.717) is 41.1 Å². The van der Waals surface area contributed by atoms with Gasteiger partial charge in [0.25, 0.3) is 5.91 Å². The lowest BCUT2D eigenvalue weighted by atomic mass is 9.85. The number of amides is 2. The largest absolute Gasteiger partial charge is 0.492 e. The fourth-order valence-corrected chi connectivity index (χ4v) is 4.51. The zero-order chi connectivity index (χ0) is 28.2. The van der Waals surface area contributed by atoms with Gasteiger partial charge in [-0.2, -0.15) is 0 Å². The highest BCUT2D eigenvalue weighted by Crippen LogP contribution is 2.32. The van der Waals surface area contributed by atoms with E-state index in [9.17, 15) is 19.8 Å². The predicted octanol–water partition coefficient (Wildman–Crippen LogP) is 1.63. The second-order valence-electron chi connectivity index (χ2n) is 10.3. The fraction of sp³-hybridized carbons (Fsp3) is 0.500. The number of hydrogen-bond donors (Lipinski definition) is 5. The van der Waals surface area contributed by atoms with Crippen LogP contribution in [0.4, 0.5) is 10.6 Å². The molecule has 13 nitrogen and oxygen atoms in total. The highest BCUT2D eigenvalue weighted by Gasteiger charge is 2.40. The summed E-state index contributed by atoms with van der Waals surface area (Å²) in [6.45, 7) is 5.75. The third kappa shape index (κ3) is 6.73. The maximum atomic E-state index is 13.0. The fourth-order valence-electron chi connectivity index (χ4n) is 4.51. The summed E-state index contributed by atoms with van der Waals surface area (Å²) >= 11 is 0. The van der Waals surface area contributed by atoms with Crippen LogP contribution in [0, 0.1) is 0 Å². The molecule has 2 heterocycles. The molecule has 2 amide bonds. The van der Waals surface area contributed by atoms with Crippen molar-refractivity contribution in [3.05, 3.63) is 42.5 Å². The van der Waals surface area contributed by atoms with E-state index in [2.05, 4.69) is 30.9 Å². The number of hydrogen-bond acceptors (Lipinski definition) is 10. The molecular weight excluding hydrogens is 506 g/mol. The Bertz CT molecular complexity index is 1310. The van der Waals surface area contributed by atoms with E-state index in [4.69, 9.17) is 9.47 Å². The minimum atomic E-state index is -1.20. The lowest BCUT2D eigenvalue weighted by molar-refractivity contribution is -0.0552. The van der Waals surface area contributed by atoms with E-state index in [1.807, 2.05) is 0 Å². The third-order valence-corrected chi connectivity index (χ3v) is 6.33. The molecule has 1 aromatic carbocycles. The lowest BCUT2D eigenvalue weighted by Crippen LogP contribution is -2.54. The number of aliphatic hydroxyl groups excluding tert-OH is 2. The van der Waals surface area contributed by atoms with Gasteiger partial charge in [0, 0.05) is 12.6 Å². The molecule has 0 saturated heterocycles. The molecule has 0 spiro atoms. The van der Waals surface area contributed by atoms with Gasteiger partial charge in [0.1, 0.15) is 42.0 Å². The summed E-state index contributed by atoms with van der Waals surface area (Å²) in [6, 6.07) is 5.47. The summed E-state index contributed by atoms with van der Waals surface area (Å²) in [7, 11) is 1.74. The van der Waals surface area contributed by atoms with Gasteiger partial charge in [0.2, 0.25) is 0 Å². The van der Waals surface area contributed by atoms with Crippen molar-refractivity contribution in [1.29, 1.82) is 0 Å². The molecule has 0 unspecified atom stereocenters. The molecule has 1 aliphatic rings. The van der Waals surface area contributed by atoms with E-state index in [1.54, 1.807) is 63.0 Å². The highest BCUT2D eigenvalue weighted by atomic mass is 16.6. The lowest BCUT2D eigenvalue weighted by Gasteiger charge is -2.38. The molecule has 1 saturated carbocycles. The second kappa shape index (κ2) is 11.8. The van der Waals surface area contributed by atoms with Crippen LogP contribution in [-0.4, -0.2) is 85.8 Å². The van der Waals surface area contributed by atoms with Gasteiger partial charge in [-0.05, 0) is 51.8 Å². The molecular formula is C26H35N7O6. The Morgan fingerprint density at radius 2 is 1.92 bits per heavy atom. The van der Waals surface area contributed by atoms with Crippen LogP contribution in [0.2, 0.25) is 0 Å². The molecule has 39 heavy (non-hydrogen) atoms. The SMILES string of the molecule is CNc1ncnc2c1ncn2[C@@H]1CC[C@@H](NC(=O)c2cccc(OCCNC(=O)OC(C)(C)C)c2)[C@@H](O)[C@@H]1O. The first-order chi connectivity index (χ1) is 18.6. The number of rotatable bonds is 8. The molecule has 5 N–H and O–H groups in total. The quantitative estimate of drug-likeness (QED) is 0.264. The normalized spacial score (nSPS) is 21.3. The molecule has 2 aromatic heterocycles. The van der Waals surface area contributed by atoms with E-state index < -0.39 is 41.9 Å². The van der Waals surface area contributed by atoms with Gasteiger partial charge in [0.05, 0.1) is 25.0 Å². The summed E-state index contributed by atoms with van der Waals surface area (Å²) < 4.78 is 12.6. The number of anilines is 1. The minimum absolute atomic E-state index is 0.183. The molecule has 1 aliphatic carbocycles. The molecule has 0 aliphatic heterocycles. The molecule has 3 aromatic rings. The van der Waals surface area contributed by atoms with Crippen molar-refractivity contribution in [3.63, 3.8) is 0 Å². The summed E-state index contributed by atoms with van der Waals surface area (Å²) in [4.78, 5) is 37.5. The predicted molar refractivity (Wildman–Crippen MR) is 143 cm³/mol. The van der Waals surface area contributed by atoms with Crippen LogP contribution in [0.15, 0.2) is 36.9 Å². The molecule has 0 radical (unpaired) electrons. The van der Waals surface area contributed by atoms with E-state index in [0.717, 1.165) is 0 Å². The number of nitrogens with zero attached hydrogens (tertiary/aromatic N) is 4. The maximum Gasteiger partial charge on any atom is 0.407 e. The number of ether oxygens (including phenoxy) is 2. The van der Waals surface area contributed by atoms with Gasteiger partial charge in [-0.1, -0.05) is 6.07 Å². The van der Waals surface area contributed by atoms with Crippen molar-refractivity contribution in [2.75, 3.05) is 25.5 Å². The first kappa shape index (κ1) is 28.0. The van der Waals surface area contributed by atoms with E-state index >= 15 is 0 Å². The minimum Gasteiger partial charge on any atom is -0.492 e. The Morgan fingerprint density at radius 3 is 2.67 bits per heavy atom. The number of alkyl carbamates (subject to hydrolysis) is 1. The average Bonchev–Trinajstić information content (AvgIpc) is 3.33. The Morgan fingerprint density at radius 1 is 1.13 bits per heavy atom. The Labute approximate surface area is 226 Å². The van der Waals surface area contributed by atoms with Crippen LogP contribution >= 0.6 is 0 Å². The average molecular weight is 542 g/mol. The summed E-state index contributed by atoms with van der Waals surface area (Å²) in [5.74, 6) is 0.620. The van der Waals surface area contributed by atoms with Gasteiger partial charge < -0.3 is 40.2 Å². The second-order valence-corrected chi connectivity index (χ2v) is 10.3. The molecule has 210 valence electrons. The van der Waals surface area contributed by atoms with Gasteiger partial charge >= 0.3 is 6.09 Å². The molecule has 1 fully saturated rings. The topological polar surface area (TPSA) is 173 Å². The van der Waals surface area contributed by atoms with Crippen molar-refractivity contribution in [3.8, 4) is 5.75 Å². The van der Waals surface area contributed by atoms with Crippen LogP contribution in [-0.2, 0) is 4.74 Å². The number of carbonyl (C=O) groups excluding carboxylic acids is 2. The number of carbonyl (C=O) groups is 2. The van der Waals surface area contributed by atoms with E-state index in [-0.39, 0.29) is 13.2 Å². The number of aliphatic hydroxyl groups is 2. The van der Waals surface area contributed by atoms with Crippen LogP contribution in [0.5, 0.6) is 5.75 Å².